The van der Waals surface area contributed by atoms with E-state index in [1.54, 1.807) is 10.9 Å². The third-order valence-electron chi connectivity index (χ3n) is 3.75. The SMILES string of the molecule is CC1CN(Cc2nc(N)c3cnn(C)c3n2)C(C)CO1. The van der Waals surface area contributed by atoms with Crippen molar-refractivity contribution in [2.24, 2.45) is 7.05 Å². The molecular formula is C13H20N6O. The van der Waals surface area contributed by atoms with Crippen molar-refractivity contribution in [1.82, 2.24) is 24.6 Å². The molecule has 2 atom stereocenters. The summed E-state index contributed by atoms with van der Waals surface area (Å²) >= 11 is 0. The smallest absolute Gasteiger partial charge is 0.163 e. The van der Waals surface area contributed by atoms with Gasteiger partial charge in [-0.15, -0.1) is 0 Å². The number of nitrogens with two attached hydrogens (primary N) is 1. The van der Waals surface area contributed by atoms with E-state index in [2.05, 4.69) is 33.8 Å². The average molecular weight is 276 g/mol. The molecule has 1 aliphatic rings. The number of aryl methyl sites for hydroxylation is 1. The first kappa shape index (κ1) is 13.3. The summed E-state index contributed by atoms with van der Waals surface area (Å²) in [5, 5.41) is 4.98. The van der Waals surface area contributed by atoms with Crippen LogP contribution in [0.25, 0.3) is 11.0 Å². The van der Waals surface area contributed by atoms with Gasteiger partial charge in [0.05, 0.1) is 30.8 Å². The number of morpholine rings is 1. The average Bonchev–Trinajstić information content (AvgIpc) is 2.77. The second-order valence-electron chi connectivity index (χ2n) is 5.45. The number of hydrogen-bond acceptors (Lipinski definition) is 6. The summed E-state index contributed by atoms with van der Waals surface area (Å²) in [6.45, 7) is 6.54. The van der Waals surface area contributed by atoms with Crippen molar-refractivity contribution in [2.75, 3.05) is 18.9 Å². The molecule has 0 radical (unpaired) electrons. The van der Waals surface area contributed by atoms with Gasteiger partial charge < -0.3 is 10.5 Å². The minimum atomic E-state index is 0.240. The molecule has 3 heterocycles. The van der Waals surface area contributed by atoms with Crippen molar-refractivity contribution in [1.29, 1.82) is 0 Å². The second kappa shape index (κ2) is 4.99. The standard InChI is InChI=1S/C13H20N6O/c1-8-7-20-9(2)5-19(8)6-11-16-12(14)10-4-15-18(3)13(10)17-11/h4,8-9H,5-7H2,1-3H3,(H2,14,16,17). The third-order valence-corrected chi connectivity index (χ3v) is 3.75. The van der Waals surface area contributed by atoms with Crippen LogP contribution in [0.2, 0.25) is 0 Å². The van der Waals surface area contributed by atoms with Crippen LogP contribution < -0.4 is 5.73 Å². The molecule has 2 N–H and O–H groups in total. The number of ether oxygens (including phenoxy) is 1. The molecule has 0 spiro atoms. The predicted octanol–water partition coefficient (Wildman–Crippen LogP) is 0.555. The van der Waals surface area contributed by atoms with Crippen molar-refractivity contribution < 1.29 is 4.74 Å². The molecule has 2 aromatic heterocycles. The minimum Gasteiger partial charge on any atom is -0.383 e. The molecule has 0 bridgehead atoms. The van der Waals surface area contributed by atoms with E-state index in [1.165, 1.54) is 0 Å². The number of anilines is 1. The van der Waals surface area contributed by atoms with E-state index in [0.717, 1.165) is 30.0 Å². The molecule has 0 amide bonds. The molecule has 2 unspecified atom stereocenters. The molecule has 7 heteroatoms. The van der Waals surface area contributed by atoms with Gasteiger partial charge in [0.2, 0.25) is 0 Å². The van der Waals surface area contributed by atoms with Crippen LogP contribution in [0.4, 0.5) is 5.82 Å². The van der Waals surface area contributed by atoms with Crippen LogP contribution in [0, 0.1) is 0 Å². The molecule has 1 fully saturated rings. The van der Waals surface area contributed by atoms with Gasteiger partial charge >= 0.3 is 0 Å². The molecule has 3 rings (SSSR count). The zero-order valence-electron chi connectivity index (χ0n) is 12.1. The molecule has 1 aliphatic heterocycles. The van der Waals surface area contributed by atoms with Gasteiger partial charge in [-0.05, 0) is 13.8 Å². The molecular weight excluding hydrogens is 256 g/mol. The van der Waals surface area contributed by atoms with Gasteiger partial charge in [0.15, 0.2) is 5.65 Å². The Kier molecular flexibility index (Phi) is 3.31. The van der Waals surface area contributed by atoms with Crippen LogP contribution in [-0.4, -0.2) is 49.9 Å². The fourth-order valence-corrected chi connectivity index (χ4v) is 2.54. The quantitative estimate of drug-likeness (QED) is 0.863. The van der Waals surface area contributed by atoms with Crippen LogP contribution >= 0.6 is 0 Å². The monoisotopic (exact) mass is 276 g/mol. The summed E-state index contributed by atoms with van der Waals surface area (Å²) < 4.78 is 7.36. The number of fused-ring (bicyclic) bond motifs is 1. The molecule has 20 heavy (non-hydrogen) atoms. The number of nitrogens with zero attached hydrogens (tertiary/aromatic N) is 5. The van der Waals surface area contributed by atoms with Crippen molar-refractivity contribution in [2.45, 2.75) is 32.5 Å². The van der Waals surface area contributed by atoms with E-state index in [0.29, 0.717) is 18.4 Å². The molecule has 2 aromatic rings. The van der Waals surface area contributed by atoms with Gasteiger partial charge in [-0.3, -0.25) is 9.58 Å². The summed E-state index contributed by atoms with van der Waals surface area (Å²) in [6.07, 6.45) is 1.94. The fraction of sp³-hybridized carbons (Fsp3) is 0.615. The Morgan fingerprint density at radius 3 is 3.00 bits per heavy atom. The first-order valence-corrected chi connectivity index (χ1v) is 6.84. The zero-order valence-corrected chi connectivity index (χ0v) is 12.1. The summed E-state index contributed by atoms with van der Waals surface area (Å²) in [6, 6.07) is 0.359. The largest absolute Gasteiger partial charge is 0.383 e. The van der Waals surface area contributed by atoms with E-state index in [-0.39, 0.29) is 6.10 Å². The molecule has 108 valence electrons. The molecule has 0 aliphatic carbocycles. The third kappa shape index (κ3) is 2.34. The van der Waals surface area contributed by atoms with Gasteiger partial charge in [-0.2, -0.15) is 5.10 Å². The number of aromatic nitrogens is 4. The van der Waals surface area contributed by atoms with Crippen molar-refractivity contribution in [3.63, 3.8) is 0 Å². The number of hydrogen-bond donors (Lipinski definition) is 1. The molecule has 1 saturated heterocycles. The number of rotatable bonds is 2. The maximum Gasteiger partial charge on any atom is 0.163 e. The number of nitrogen functional groups attached to an aromatic ring is 1. The van der Waals surface area contributed by atoms with Crippen molar-refractivity contribution >= 4 is 16.9 Å². The molecule has 0 saturated carbocycles. The highest BCUT2D eigenvalue weighted by molar-refractivity contribution is 5.84. The lowest BCUT2D eigenvalue weighted by atomic mass is 10.2. The van der Waals surface area contributed by atoms with Crippen LogP contribution in [0.1, 0.15) is 19.7 Å². The summed E-state index contributed by atoms with van der Waals surface area (Å²) in [5.41, 5.74) is 6.77. The van der Waals surface area contributed by atoms with Gasteiger partial charge in [-0.1, -0.05) is 0 Å². The van der Waals surface area contributed by atoms with E-state index >= 15 is 0 Å². The van der Waals surface area contributed by atoms with Crippen molar-refractivity contribution in [3.05, 3.63) is 12.0 Å². The Bertz CT molecular complexity index is 625. The fourth-order valence-electron chi connectivity index (χ4n) is 2.54. The Labute approximate surface area is 117 Å². The maximum absolute atomic E-state index is 5.99. The van der Waals surface area contributed by atoms with Gasteiger partial charge in [0.25, 0.3) is 0 Å². The Morgan fingerprint density at radius 2 is 2.20 bits per heavy atom. The van der Waals surface area contributed by atoms with Gasteiger partial charge in [0.1, 0.15) is 11.6 Å². The van der Waals surface area contributed by atoms with Crippen LogP contribution in [0.15, 0.2) is 6.20 Å². The zero-order chi connectivity index (χ0) is 14.3. The topological polar surface area (TPSA) is 82.1 Å². The van der Waals surface area contributed by atoms with E-state index in [1.807, 2.05) is 7.05 Å². The Hall–Kier alpha value is -1.73. The Morgan fingerprint density at radius 1 is 1.40 bits per heavy atom. The first-order chi connectivity index (χ1) is 9.54. The van der Waals surface area contributed by atoms with E-state index in [4.69, 9.17) is 10.5 Å². The van der Waals surface area contributed by atoms with Crippen LogP contribution in [-0.2, 0) is 18.3 Å². The second-order valence-corrected chi connectivity index (χ2v) is 5.45. The predicted molar refractivity (Wildman–Crippen MR) is 76.0 cm³/mol. The lowest BCUT2D eigenvalue weighted by Crippen LogP contribution is -2.46. The first-order valence-electron chi connectivity index (χ1n) is 6.84. The lowest BCUT2D eigenvalue weighted by molar-refractivity contribution is -0.0534. The highest BCUT2D eigenvalue weighted by Crippen LogP contribution is 2.19. The minimum absolute atomic E-state index is 0.240. The molecule has 0 aromatic carbocycles. The van der Waals surface area contributed by atoms with Crippen LogP contribution in [0.5, 0.6) is 0 Å². The summed E-state index contributed by atoms with van der Waals surface area (Å²) in [4.78, 5) is 11.3. The highest BCUT2D eigenvalue weighted by atomic mass is 16.5. The van der Waals surface area contributed by atoms with Crippen molar-refractivity contribution in [3.8, 4) is 0 Å². The normalized spacial score (nSPS) is 24.4. The summed E-state index contributed by atoms with van der Waals surface area (Å²) in [5.74, 6) is 1.23. The van der Waals surface area contributed by atoms with E-state index < -0.39 is 0 Å². The lowest BCUT2D eigenvalue weighted by Gasteiger charge is -2.36. The van der Waals surface area contributed by atoms with Crippen LogP contribution in [0.3, 0.4) is 0 Å². The molecule has 7 nitrogen and oxygen atoms in total. The highest BCUT2D eigenvalue weighted by Gasteiger charge is 2.24. The van der Waals surface area contributed by atoms with E-state index in [9.17, 15) is 0 Å². The van der Waals surface area contributed by atoms with Gasteiger partial charge in [0, 0.05) is 19.6 Å². The Balaban J connectivity index is 1.88. The maximum atomic E-state index is 5.99. The summed E-state index contributed by atoms with van der Waals surface area (Å²) in [7, 11) is 1.86. The van der Waals surface area contributed by atoms with Gasteiger partial charge in [-0.25, -0.2) is 9.97 Å².